The van der Waals surface area contributed by atoms with E-state index < -0.39 is 0 Å². The molecule has 122 valence electrons. The SMILES string of the molecule is CC(C)C(=O)N1CCC[C@@H](c2nc(-c3ccc(Cl)cc3)no2)C1. The van der Waals surface area contributed by atoms with Gasteiger partial charge >= 0.3 is 0 Å². The molecule has 6 heteroatoms. The molecule has 0 N–H and O–H groups in total. The predicted molar refractivity (Wildman–Crippen MR) is 88.1 cm³/mol. The van der Waals surface area contributed by atoms with E-state index in [2.05, 4.69) is 10.1 Å². The van der Waals surface area contributed by atoms with Crippen molar-refractivity contribution in [2.24, 2.45) is 5.92 Å². The average molecular weight is 334 g/mol. The van der Waals surface area contributed by atoms with Crippen molar-refractivity contribution in [2.45, 2.75) is 32.6 Å². The molecule has 1 fully saturated rings. The lowest BCUT2D eigenvalue weighted by molar-refractivity contribution is -0.135. The van der Waals surface area contributed by atoms with Crippen LogP contribution in [-0.2, 0) is 4.79 Å². The molecular formula is C17H20ClN3O2. The highest BCUT2D eigenvalue weighted by Gasteiger charge is 2.29. The van der Waals surface area contributed by atoms with Gasteiger partial charge in [0.2, 0.25) is 17.6 Å². The average Bonchev–Trinajstić information content (AvgIpc) is 3.05. The van der Waals surface area contributed by atoms with Gasteiger partial charge in [0.15, 0.2) is 0 Å². The summed E-state index contributed by atoms with van der Waals surface area (Å²) in [6, 6.07) is 7.34. The van der Waals surface area contributed by atoms with Gasteiger partial charge in [0.05, 0.1) is 5.92 Å². The van der Waals surface area contributed by atoms with Crippen LogP contribution in [-0.4, -0.2) is 34.0 Å². The van der Waals surface area contributed by atoms with E-state index >= 15 is 0 Å². The Morgan fingerprint density at radius 2 is 2.09 bits per heavy atom. The molecule has 2 aromatic rings. The number of halogens is 1. The minimum absolute atomic E-state index is 0.0149. The highest BCUT2D eigenvalue weighted by Crippen LogP contribution is 2.28. The lowest BCUT2D eigenvalue weighted by atomic mass is 9.97. The Labute approximate surface area is 140 Å². The van der Waals surface area contributed by atoms with Gasteiger partial charge in [0, 0.05) is 29.6 Å². The zero-order chi connectivity index (χ0) is 16.4. The van der Waals surface area contributed by atoms with Gasteiger partial charge in [-0.05, 0) is 37.1 Å². The molecule has 1 saturated heterocycles. The number of nitrogens with zero attached hydrogens (tertiary/aromatic N) is 3. The quantitative estimate of drug-likeness (QED) is 0.858. The number of rotatable bonds is 3. The molecule has 1 aliphatic rings. The molecule has 2 heterocycles. The molecule has 0 radical (unpaired) electrons. The van der Waals surface area contributed by atoms with Gasteiger partial charge in [-0.1, -0.05) is 30.6 Å². The van der Waals surface area contributed by atoms with E-state index in [1.807, 2.05) is 30.9 Å². The Kier molecular flexibility index (Phi) is 4.66. The van der Waals surface area contributed by atoms with Crippen molar-refractivity contribution in [3.8, 4) is 11.4 Å². The Hall–Kier alpha value is -1.88. The van der Waals surface area contributed by atoms with Crippen molar-refractivity contribution in [1.29, 1.82) is 0 Å². The first-order chi connectivity index (χ1) is 11.0. The maximum atomic E-state index is 12.2. The third-order valence-corrected chi connectivity index (χ3v) is 4.37. The van der Waals surface area contributed by atoms with Gasteiger partial charge < -0.3 is 9.42 Å². The summed E-state index contributed by atoms with van der Waals surface area (Å²) in [5.74, 6) is 1.48. The first kappa shape index (κ1) is 16.0. The molecule has 0 spiro atoms. The smallest absolute Gasteiger partial charge is 0.231 e. The van der Waals surface area contributed by atoms with Crippen LogP contribution in [0.1, 0.15) is 38.5 Å². The number of benzene rings is 1. The number of hydrogen-bond acceptors (Lipinski definition) is 4. The summed E-state index contributed by atoms with van der Waals surface area (Å²) in [4.78, 5) is 18.6. The maximum absolute atomic E-state index is 12.2. The molecule has 1 amide bonds. The number of hydrogen-bond donors (Lipinski definition) is 0. The molecule has 1 aromatic heterocycles. The lowest BCUT2D eigenvalue weighted by Gasteiger charge is -2.32. The van der Waals surface area contributed by atoms with Crippen molar-refractivity contribution >= 4 is 17.5 Å². The van der Waals surface area contributed by atoms with E-state index in [-0.39, 0.29) is 17.7 Å². The molecule has 3 rings (SSSR count). The second-order valence-corrected chi connectivity index (χ2v) is 6.68. The number of carbonyl (C=O) groups is 1. The predicted octanol–water partition coefficient (Wildman–Crippen LogP) is 3.75. The molecule has 1 aromatic carbocycles. The summed E-state index contributed by atoms with van der Waals surface area (Å²) in [5, 5.41) is 4.74. The van der Waals surface area contributed by atoms with E-state index in [0.29, 0.717) is 23.3 Å². The minimum Gasteiger partial charge on any atom is -0.342 e. The molecule has 1 atom stereocenters. The molecular weight excluding hydrogens is 314 g/mol. The molecule has 0 aliphatic carbocycles. The second kappa shape index (κ2) is 6.71. The van der Waals surface area contributed by atoms with Gasteiger partial charge in [-0.2, -0.15) is 4.98 Å². The van der Waals surface area contributed by atoms with Crippen molar-refractivity contribution in [2.75, 3.05) is 13.1 Å². The largest absolute Gasteiger partial charge is 0.342 e. The second-order valence-electron chi connectivity index (χ2n) is 6.24. The summed E-state index contributed by atoms with van der Waals surface area (Å²) < 4.78 is 5.45. The first-order valence-corrected chi connectivity index (χ1v) is 8.30. The summed E-state index contributed by atoms with van der Waals surface area (Å²) in [5.41, 5.74) is 0.871. The summed E-state index contributed by atoms with van der Waals surface area (Å²) in [7, 11) is 0. The van der Waals surface area contributed by atoms with Crippen LogP contribution in [0.25, 0.3) is 11.4 Å². The van der Waals surface area contributed by atoms with Crippen molar-refractivity contribution < 1.29 is 9.32 Å². The van der Waals surface area contributed by atoms with Crippen LogP contribution in [0.15, 0.2) is 28.8 Å². The zero-order valence-electron chi connectivity index (χ0n) is 13.3. The monoisotopic (exact) mass is 333 g/mol. The highest BCUT2D eigenvalue weighted by atomic mass is 35.5. The summed E-state index contributed by atoms with van der Waals surface area (Å²) in [6.07, 6.45) is 1.92. The molecule has 0 unspecified atom stereocenters. The number of piperidine rings is 1. The fourth-order valence-electron chi connectivity index (χ4n) is 2.86. The number of aromatic nitrogens is 2. The normalized spacial score (nSPS) is 18.4. The van der Waals surface area contributed by atoms with Gasteiger partial charge in [0.25, 0.3) is 0 Å². The van der Waals surface area contributed by atoms with E-state index in [0.717, 1.165) is 24.9 Å². The van der Waals surface area contributed by atoms with Gasteiger partial charge in [-0.25, -0.2) is 0 Å². The van der Waals surface area contributed by atoms with E-state index in [1.165, 1.54) is 0 Å². The molecule has 1 aliphatic heterocycles. The molecule has 5 nitrogen and oxygen atoms in total. The van der Waals surface area contributed by atoms with Gasteiger partial charge in [-0.15, -0.1) is 0 Å². The number of likely N-dealkylation sites (tertiary alicyclic amines) is 1. The third kappa shape index (κ3) is 3.55. The number of carbonyl (C=O) groups excluding carboxylic acids is 1. The van der Waals surface area contributed by atoms with E-state index in [9.17, 15) is 4.79 Å². The molecule has 0 saturated carbocycles. The van der Waals surface area contributed by atoms with Gasteiger partial charge in [-0.3, -0.25) is 4.79 Å². The topological polar surface area (TPSA) is 59.2 Å². The van der Waals surface area contributed by atoms with Crippen molar-refractivity contribution in [3.63, 3.8) is 0 Å². The fourth-order valence-corrected chi connectivity index (χ4v) is 2.99. The van der Waals surface area contributed by atoms with Crippen LogP contribution in [0, 0.1) is 5.92 Å². The van der Waals surface area contributed by atoms with E-state index in [4.69, 9.17) is 16.1 Å². The first-order valence-electron chi connectivity index (χ1n) is 7.93. The van der Waals surface area contributed by atoms with Crippen LogP contribution in [0.5, 0.6) is 0 Å². The van der Waals surface area contributed by atoms with Crippen LogP contribution >= 0.6 is 11.6 Å². The summed E-state index contributed by atoms with van der Waals surface area (Å²) in [6.45, 7) is 5.32. The van der Waals surface area contributed by atoms with Crippen LogP contribution in [0.2, 0.25) is 5.02 Å². The van der Waals surface area contributed by atoms with Crippen molar-refractivity contribution in [1.82, 2.24) is 15.0 Å². The van der Waals surface area contributed by atoms with Gasteiger partial charge in [0.1, 0.15) is 0 Å². The van der Waals surface area contributed by atoms with Crippen LogP contribution in [0.3, 0.4) is 0 Å². The Bertz CT molecular complexity index is 681. The molecule has 0 bridgehead atoms. The Balaban J connectivity index is 1.74. The summed E-state index contributed by atoms with van der Waals surface area (Å²) >= 11 is 5.90. The Morgan fingerprint density at radius 1 is 1.35 bits per heavy atom. The van der Waals surface area contributed by atoms with Crippen LogP contribution < -0.4 is 0 Å². The standard InChI is InChI=1S/C17H20ClN3O2/c1-11(2)17(22)21-9-3-4-13(10-21)16-19-15(20-23-16)12-5-7-14(18)8-6-12/h5-8,11,13H,3-4,9-10H2,1-2H3/t13-/m1/s1. The minimum atomic E-state index is 0.0149. The van der Waals surface area contributed by atoms with E-state index in [1.54, 1.807) is 12.1 Å². The maximum Gasteiger partial charge on any atom is 0.231 e. The van der Waals surface area contributed by atoms with Crippen molar-refractivity contribution in [3.05, 3.63) is 35.2 Å². The highest BCUT2D eigenvalue weighted by molar-refractivity contribution is 6.30. The number of amides is 1. The third-order valence-electron chi connectivity index (χ3n) is 4.12. The molecule has 23 heavy (non-hydrogen) atoms. The Morgan fingerprint density at radius 3 is 2.78 bits per heavy atom. The zero-order valence-corrected chi connectivity index (χ0v) is 14.1. The van der Waals surface area contributed by atoms with Crippen LogP contribution in [0.4, 0.5) is 0 Å². The fraction of sp³-hybridized carbons (Fsp3) is 0.471. The lowest BCUT2D eigenvalue weighted by Crippen LogP contribution is -2.41.